The van der Waals surface area contributed by atoms with Crippen molar-refractivity contribution < 1.29 is 23.7 Å². The summed E-state index contributed by atoms with van der Waals surface area (Å²) in [6, 6.07) is 8.32. The predicted octanol–water partition coefficient (Wildman–Crippen LogP) is 2.92. The van der Waals surface area contributed by atoms with E-state index < -0.39 is 24.3 Å². The number of ether oxygens (including phenoxy) is 1. The monoisotopic (exact) mass is 446 g/mol. The maximum Gasteiger partial charge on any atom is 0.147 e. The van der Waals surface area contributed by atoms with Gasteiger partial charge in [-0.2, -0.15) is 5.26 Å². The van der Waals surface area contributed by atoms with Crippen LogP contribution < -0.4 is 10.1 Å². The van der Waals surface area contributed by atoms with Crippen LogP contribution in [0.5, 0.6) is 5.75 Å². The molecule has 0 radical (unpaired) electrons. The van der Waals surface area contributed by atoms with Crippen LogP contribution in [-0.4, -0.2) is 29.5 Å². The molecule has 5 nitrogen and oxygen atoms in total. The molecule has 0 amide bonds. The lowest BCUT2D eigenvalue weighted by molar-refractivity contribution is 0.0534. The van der Waals surface area contributed by atoms with Gasteiger partial charge in [0, 0.05) is 9.64 Å². The Morgan fingerprint density at radius 1 is 1.25 bits per heavy atom. The van der Waals surface area contributed by atoms with Crippen molar-refractivity contribution in [1.82, 2.24) is 0 Å². The fraction of sp³-hybridized carbons (Fsp3) is 0.188. The number of nitriles is 1. The minimum atomic E-state index is -1.16. The molecule has 1 unspecified atom stereocenters. The molecule has 126 valence electrons. The van der Waals surface area contributed by atoms with E-state index in [2.05, 4.69) is 5.32 Å². The first kappa shape index (κ1) is 18.4. The molecule has 0 bridgehead atoms. The molecule has 2 aromatic carbocycles. The molecule has 0 saturated carbocycles. The zero-order chi connectivity index (χ0) is 17.7. The number of nitrogens with one attached hydrogen (secondary N) is 1. The van der Waals surface area contributed by atoms with Crippen molar-refractivity contribution in [2.75, 3.05) is 18.5 Å². The van der Waals surface area contributed by atoms with Crippen molar-refractivity contribution in [3.05, 3.63) is 51.1 Å². The highest BCUT2D eigenvalue weighted by atomic mass is 127. The highest BCUT2D eigenvalue weighted by Crippen LogP contribution is 2.31. The molecule has 2 aromatic rings. The van der Waals surface area contributed by atoms with Gasteiger partial charge in [0.05, 0.1) is 18.0 Å². The summed E-state index contributed by atoms with van der Waals surface area (Å²) in [7, 11) is 0. The quantitative estimate of drug-likeness (QED) is 0.595. The van der Waals surface area contributed by atoms with Gasteiger partial charge in [0.25, 0.3) is 0 Å². The standard InChI is InChI=1S/C16H13F2IN2O3/c17-9-3-15(21-14-2-1-10(19)5-13(14)18)12(6-20)16(4-9)24-8-11(23)7-22/h1-5,11,21-23H,7-8H2. The van der Waals surface area contributed by atoms with E-state index in [4.69, 9.17) is 9.84 Å². The lowest BCUT2D eigenvalue weighted by Crippen LogP contribution is -2.21. The number of aliphatic hydroxyl groups excluding tert-OH is 2. The number of anilines is 2. The van der Waals surface area contributed by atoms with Crippen LogP contribution in [0.3, 0.4) is 0 Å². The highest BCUT2D eigenvalue weighted by molar-refractivity contribution is 14.1. The molecule has 1 atom stereocenters. The summed E-state index contributed by atoms with van der Waals surface area (Å²) < 4.78 is 33.6. The van der Waals surface area contributed by atoms with Crippen LogP contribution in [0.25, 0.3) is 0 Å². The summed E-state index contributed by atoms with van der Waals surface area (Å²) in [4.78, 5) is 0. The second-order valence-corrected chi connectivity index (χ2v) is 6.08. The largest absolute Gasteiger partial charge is 0.489 e. The van der Waals surface area contributed by atoms with Crippen LogP contribution >= 0.6 is 22.6 Å². The Hall–Kier alpha value is -1.96. The zero-order valence-corrected chi connectivity index (χ0v) is 14.4. The van der Waals surface area contributed by atoms with Crippen LogP contribution in [0.15, 0.2) is 30.3 Å². The van der Waals surface area contributed by atoms with Gasteiger partial charge in [0.2, 0.25) is 0 Å². The van der Waals surface area contributed by atoms with E-state index in [0.29, 0.717) is 3.57 Å². The Morgan fingerprint density at radius 2 is 2.00 bits per heavy atom. The minimum Gasteiger partial charge on any atom is -0.489 e. The normalized spacial score (nSPS) is 11.7. The number of halogens is 3. The SMILES string of the molecule is N#Cc1c(Nc2ccc(I)cc2F)cc(F)cc1OCC(O)CO. The molecule has 0 aliphatic heterocycles. The Morgan fingerprint density at radius 3 is 2.62 bits per heavy atom. The number of hydrogen-bond acceptors (Lipinski definition) is 5. The molecule has 8 heteroatoms. The van der Waals surface area contributed by atoms with Crippen LogP contribution in [0.4, 0.5) is 20.2 Å². The number of hydrogen-bond donors (Lipinski definition) is 3. The Bertz CT molecular complexity index is 781. The summed E-state index contributed by atoms with van der Waals surface area (Å²) in [5.41, 5.74) is 0.0736. The summed E-state index contributed by atoms with van der Waals surface area (Å²) in [6.45, 7) is -0.845. The Balaban J connectivity index is 2.35. The first-order valence-electron chi connectivity index (χ1n) is 6.82. The molecular formula is C16H13F2IN2O3. The molecule has 3 N–H and O–H groups in total. The van der Waals surface area contributed by atoms with Crippen LogP contribution in [0.1, 0.15) is 5.56 Å². The van der Waals surface area contributed by atoms with E-state index in [9.17, 15) is 19.1 Å². The zero-order valence-electron chi connectivity index (χ0n) is 12.3. The topological polar surface area (TPSA) is 85.5 Å². The van der Waals surface area contributed by atoms with Crippen molar-refractivity contribution in [3.63, 3.8) is 0 Å². The lowest BCUT2D eigenvalue weighted by Gasteiger charge is -2.15. The molecule has 0 heterocycles. The van der Waals surface area contributed by atoms with E-state index >= 15 is 0 Å². The van der Waals surface area contributed by atoms with E-state index in [1.807, 2.05) is 28.7 Å². The van der Waals surface area contributed by atoms with E-state index in [1.165, 1.54) is 12.1 Å². The number of rotatable bonds is 6. The van der Waals surface area contributed by atoms with Gasteiger partial charge < -0.3 is 20.3 Å². The molecule has 0 aliphatic carbocycles. The fourth-order valence-corrected chi connectivity index (χ4v) is 2.34. The second-order valence-electron chi connectivity index (χ2n) is 4.83. The molecular weight excluding hydrogens is 433 g/mol. The van der Waals surface area contributed by atoms with Gasteiger partial charge in [-0.25, -0.2) is 8.78 Å². The molecule has 0 aliphatic rings. The predicted molar refractivity (Wildman–Crippen MR) is 92.1 cm³/mol. The first-order valence-corrected chi connectivity index (χ1v) is 7.90. The fourth-order valence-electron chi connectivity index (χ4n) is 1.88. The van der Waals surface area contributed by atoms with E-state index in [1.54, 1.807) is 6.07 Å². The molecule has 0 fully saturated rings. The smallest absolute Gasteiger partial charge is 0.147 e. The van der Waals surface area contributed by atoms with Crippen molar-refractivity contribution in [1.29, 1.82) is 5.26 Å². The maximum absolute atomic E-state index is 13.9. The van der Waals surface area contributed by atoms with E-state index in [0.717, 1.165) is 12.1 Å². The Kier molecular flexibility index (Phi) is 6.30. The van der Waals surface area contributed by atoms with Crippen LogP contribution in [0.2, 0.25) is 0 Å². The average molecular weight is 446 g/mol. The summed E-state index contributed by atoms with van der Waals surface area (Å²) in [6.07, 6.45) is -1.16. The second kappa shape index (κ2) is 8.23. The molecule has 24 heavy (non-hydrogen) atoms. The third-order valence-corrected chi connectivity index (χ3v) is 3.69. The maximum atomic E-state index is 13.9. The lowest BCUT2D eigenvalue weighted by atomic mass is 10.1. The number of nitrogens with zero attached hydrogens (tertiary/aromatic N) is 1. The van der Waals surface area contributed by atoms with Gasteiger partial charge in [0.15, 0.2) is 0 Å². The van der Waals surface area contributed by atoms with Crippen molar-refractivity contribution in [2.45, 2.75) is 6.10 Å². The Labute approximate surface area is 150 Å². The van der Waals surface area contributed by atoms with Gasteiger partial charge in [-0.3, -0.25) is 0 Å². The van der Waals surface area contributed by atoms with Gasteiger partial charge in [-0.05, 0) is 46.9 Å². The molecule has 2 rings (SSSR count). The van der Waals surface area contributed by atoms with E-state index in [-0.39, 0.29) is 29.3 Å². The number of benzene rings is 2. The average Bonchev–Trinajstić information content (AvgIpc) is 2.54. The highest BCUT2D eigenvalue weighted by Gasteiger charge is 2.15. The van der Waals surface area contributed by atoms with Crippen LogP contribution in [-0.2, 0) is 0 Å². The molecule has 0 saturated heterocycles. The van der Waals surface area contributed by atoms with Crippen molar-refractivity contribution in [3.8, 4) is 11.8 Å². The van der Waals surface area contributed by atoms with Gasteiger partial charge in [-0.15, -0.1) is 0 Å². The minimum absolute atomic E-state index is 0.0334. The third kappa shape index (κ3) is 4.53. The molecule has 0 spiro atoms. The summed E-state index contributed by atoms with van der Waals surface area (Å²) in [5, 5.41) is 30.0. The van der Waals surface area contributed by atoms with Crippen molar-refractivity contribution in [2.24, 2.45) is 0 Å². The van der Waals surface area contributed by atoms with Gasteiger partial charge >= 0.3 is 0 Å². The number of aliphatic hydroxyl groups is 2. The molecule has 0 aromatic heterocycles. The third-order valence-electron chi connectivity index (χ3n) is 3.02. The van der Waals surface area contributed by atoms with Gasteiger partial charge in [-0.1, -0.05) is 0 Å². The van der Waals surface area contributed by atoms with Crippen LogP contribution in [0, 0.1) is 26.5 Å². The van der Waals surface area contributed by atoms with Gasteiger partial charge in [0.1, 0.15) is 41.7 Å². The van der Waals surface area contributed by atoms with Crippen molar-refractivity contribution >= 4 is 34.0 Å². The summed E-state index contributed by atoms with van der Waals surface area (Å²) in [5.74, 6) is -1.36. The first-order chi connectivity index (χ1) is 11.4. The summed E-state index contributed by atoms with van der Waals surface area (Å²) >= 11 is 1.95.